The summed E-state index contributed by atoms with van der Waals surface area (Å²) in [5.41, 5.74) is 13.1. The molecule has 4 nitrogen and oxygen atoms in total. The van der Waals surface area contributed by atoms with Crippen LogP contribution < -0.4 is 0 Å². The summed E-state index contributed by atoms with van der Waals surface area (Å²) in [6, 6.07) is 69.1. The maximum absolute atomic E-state index is 5.20. The van der Waals surface area contributed by atoms with Crippen molar-refractivity contribution < 1.29 is 0 Å². The van der Waals surface area contributed by atoms with Gasteiger partial charge in [0.15, 0.2) is 5.82 Å². The Labute approximate surface area is 311 Å². The number of nitrogens with zero attached hydrogens (tertiary/aromatic N) is 4. The Morgan fingerprint density at radius 3 is 1.44 bits per heavy atom. The van der Waals surface area contributed by atoms with E-state index in [0.717, 1.165) is 50.1 Å². The lowest BCUT2D eigenvalue weighted by molar-refractivity contribution is 1.16. The number of hydrogen-bond acceptors (Lipinski definition) is 2. The lowest BCUT2D eigenvalue weighted by atomic mass is 10.1. The molecule has 0 atom stereocenters. The average Bonchev–Trinajstić information content (AvgIpc) is 3.75. The van der Waals surface area contributed by atoms with Crippen molar-refractivity contribution >= 4 is 54.5 Å². The standard InChI is InChI=1S/C50H32N4/c1-3-15-33(16-4-1)35-19-13-21-37(29-35)53-45-27-11-8-23-39(45)42-31-43-40-24-9-12-28-46(40)54(48(43)32-47(42)53)38-22-14-20-36(30-38)50-51-44-26-10-7-25-41(44)49(52-50)34-17-5-2-6-18-34/h1-32H. The molecule has 0 aliphatic rings. The van der Waals surface area contributed by atoms with Gasteiger partial charge >= 0.3 is 0 Å². The SMILES string of the molecule is c1ccc(-c2cccc(-n3c4ccccc4c4cc5c6ccccc6n(-c6cccc(-c7nc(-c8ccccc8)c8ccccc8n7)c6)c5cc43)c2)cc1. The van der Waals surface area contributed by atoms with Crippen molar-refractivity contribution in [2.75, 3.05) is 0 Å². The fourth-order valence-electron chi connectivity index (χ4n) is 8.25. The molecule has 3 heterocycles. The summed E-state index contributed by atoms with van der Waals surface area (Å²) >= 11 is 0. The van der Waals surface area contributed by atoms with Gasteiger partial charge in [0.05, 0.1) is 33.3 Å². The minimum Gasteiger partial charge on any atom is -0.309 e. The van der Waals surface area contributed by atoms with E-state index < -0.39 is 0 Å². The molecular formula is C50H32N4. The first kappa shape index (κ1) is 30.3. The fraction of sp³-hybridized carbons (Fsp3) is 0. The summed E-state index contributed by atoms with van der Waals surface area (Å²) in [7, 11) is 0. The van der Waals surface area contributed by atoms with Crippen LogP contribution in [0.1, 0.15) is 0 Å². The molecule has 54 heavy (non-hydrogen) atoms. The van der Waals surface area contributed by atoms with Gasteiger partial charge in [-0.1, -0.05) is 140 Å². The fourth-order valence-corrected chi connectivity index (χ4v) is 8.25. The van der Waals surface area contributed by atoms with E-state index in [1.807, 2.05) is 12.1 Å². The van der Waals surface area contributed by atoms with E-state index in [0.29, 0.717) is 5.82 Å². The molecule has 0 aliphatic heterocycles. The topological polar surface area (TPSA) is 35.6 Å². The van der Waals surface area contributed by atoms with Gasteiger partial charge in [0, 0.05) is 49.4 Å². The third-order valence-electron chi connectivity index (χ3n) is 10.7. The molecule has 0 radical (unpaired) electrons. The van der Waals surface area contributed by atoms with E-state index in [2.05, 4.69) is 191 Å². The first-order valence-corrected chi connectivity index (χ1v) is 18.3. The van der Waals surface area contributed by atoms with Gasteiger partial charge in [-0.05, 0) is 65.7 Å². The summed E-state index contributed by atoms with van der Waals surface area (Å²) in [4.78, 5) is 10.3. The lowest BCUT2D eigenvalue weighted by Gasteiger charge is -2.13. The van der Waals surface area contributed by atoms with Crippen molar-refractivity contribution in [2.24, 2.45) is 0 Å². The largest absolute Gasteiger partial charge is 0.309 e. The first-order valence-electron chi connectivity index (χ1n) is 18.3. The Bertz CT molecular complexity index is 3210. The Morgan fingerprint density at radius 1 is 0.296 bits per heavy atom. The molecule has 0 bridgehead atoms. The molecule has 0 saturated heterocycles. The van der Waals surface area contributed by atoms with Gasteiger partial charge in [0.1, 0.15) is 0 Å². The van der Waals surface area contributed by atoms with Crippen LogP contribution in [-0.2, 0) is 0 Å². The molecule has 0 unspecified atom stereocenters. The zero-order valence-electron chi connectivity index (χ0n) is 29.3. The lowest BCUT2D eigenvalue weighted by Crippen LogP contribution is -1.98. The van der Waals surface area contributed by atoms with E-state index in [9.17, 15) is 0 Å². The smallest absolute Gasteiger partial charge is 0.160 e. The highest BCUT2D eigenvalue weighted by molar-refractivity contribution is 6.19. The van der Waals surface area contributed by atoms with E-state index in [4.69, 9.17) is 9.97 Å². The van der Waals surface area contributed by atoms with Crippen molar-refractivity contribution in [1.82, 2.24) is 19.1 Å². The highest BCUT2D eigenvalue weighted by Crippen LogP contribution is 2.40. The first-order chi connectivity index (χ1) is 26.8. The second kappa shape index (κ2) is 12.1. The zero-order chi connectivity index (χ0) is 35.6. The van der Waals surface area contributed by atoms with Gasteiger partial charge in [-0.15, -0.1) is 0 Å². The monoisotopic (exact) mass is 688 g/mol. The van der Waals surface area contributed by atoms with Crippen LogP contribution in [0.25, 0.3) is 99.7 Å². The Balaban J connectivity index is 1.15. The summed E-state index contributed by atoms with van der Waals surface area (Å²) in [6.45, 7) is 0. The van der Waals surface area contributed by atoms with Gasteiger partial charge in [-0.2, -0.15) is 0 Å². The Hall–Kier alpha value is -7.30. The maximum atomic E-state index is 5.20. The van der Waals surface area contributed by atoms with Crippen molar-refractivity contribution in [1.29, 1.82) is 0 Å². The number of aromatic nitrogens is 4. The predicted octanol–water partition coefficient (Wildman–Crippen LogP) is 12.8. The predicted molar refractivity (Wildman–Crippen MR) is 225 cm³/mol. The van der Waals surface area contributed by atoms with E-state index in [-0.39, 0.29) is 0 Å². The van der Waals surface area contributed by atoms with Crippen LogP contribution in [0.2, 0.25) is 0 Å². The van der Waals surface area contributed by atoms with E-state index >= 15 is 0 Å². The van der Waals surface area contributed by atoms with Gasteiger partial charge in [0.25, 0.3) is 0 Å². The Kier molecular flexibility index (Phi) is 6.82. The highest BCUT2D eigenvalue weighted by Gasteiger charge is 2.19. The highest BCUT2D eigenvalue weighted by atomic mass is 15.0. The molecule has 8 aromatic carbocycles. The second-order valence-electron chi connectivity index (χ2n) is 13.8. The number of fused-ring (bicyclic) bond motifs is 7. The van der Waals surface area contributed by atoms with Crippen LogP contribution in [0, 0.1) is 0 Å². The molecule has 11 rings (SSSR count). The van der Waals surface area contributed by atoms with E-state index in [1.54, 1.807) is 0 Å². The quantitative estimate of drug-likeness (QED) is 0.180. The molecule has 3 aromatic heterocycles. The van der Waals surface area contributed by atoms with Gasteiger partial charge < -0.3 is 9.13 Å². The van der Waals surface area contributed by atoms with Crippen LogP contribution in [0.5, 0.6) is 0 Å². The minimum absolute atomic E-state index is 0.705. The number of rotatable bonds is 5. The molecule has 4 heteroatoms. The number of benzene rings is 8. The van der Waals surface area contributed by atoms with Gasteiger partial charge in [-0.3, -0.25) is 0 Å². The van der Waals surface area contributed by atoms with Crippen molar-refractivity contribution in [3.63, 3.8) is 0 Å². The molecule has 0 fully saturated rings. The van der Waals surface area contributed by atoms with Crippen LogP contribution in [-0.4, -0.2) is 19.1 Å². The van der Waals surface area contributed by atoms with Crippen molar-refractivity contribution in [2.45, 2.75) is 0 Å². The van der Waals surface area contributed by atoms with Crippen LogP contribution >= 0.6 is 0 Å². The van der Waals surface area contributed by atoms with Gasteiger partial charge in [-0.25, -0.2) is 9.97 Å². The van der Waals surface area contributed by atoms with Crippen molar-refractivity contribution in [3.8, 4) is 45.1 Å². The van der Waals surface area contributed by atoms with Crippen molar-refractivity contribution in [3.05, 3.63) is 194 Å². The summed E-state index contributed by atoms with van der Waals surface area (Å²) in [5.74, 6) is 0.705. The summed E-state index contributed by atoms with van der Waals surface area (Å²) in [6.07, 6.45) is 0. The normalized spacial score (nSPS) is 11.7. The van der Waals surface area contributed by atoms with Crippen LogP contribution in [0.3, 0.4) is 0 Å². The number of hydrogen-bond donors (Lipinski definition) is 0. The summed E-state index contributed by atoms with van der Waals surface area (Å²) < 4.78 is 4.82. The molecular weight excluding hydrogens is 657 g/mol. The number of para-hydroxylation sites is 3. The molecule has 0 saturated carbocycles. The molecule has 0 amide bonds. The molecule has 0 aliphatic carbocycles. The molecule has 11 aromatic rings. The third kappa shape index (κ3) is 4.78. The van der Waals surface area contributed by atoms with Crippen LogP contribution in [0.15, 0.2) is 194 Å². The Morgan fingerprint density at radius 2 is 0.796 bits per heavy atom. The minimum atomic E-state index is 0.705. The maximum Gasteiger partial charge on any atom is 0.160 e. The third-order valence-corrected chi connectivity index (χ3v) is 10.7. The van der Waals surface area contributed by atoms with Crippen LogP contribution in [0.4, 0.5) is 0 Å². The molecule has 0 N–H and O–H groups in total. The summed E-state index contributed by atoms with van der Waals surface area (Å²) in [5, 5.41) is 5.95. The molecule has 0 spiro atoms. The average molecular weight is 689 g/mol. The zero-order valence-corrected chi connectivity index (χ0v) is 29.3. The van der Waals surface area contributed by atoms with Gasteiger partial charge in [0.2, 0.25) is 0 Å². The molecule has 252 valence electrons. The second-order valence-corrected chi connectivity index (χ2v) is 13.8. The van der Waals surface area contributed by atoms with E-state index in [1.165, 1.54) is 43.7 Å².